The summed E-state index contributed by atoms with van der Waals surface area (Å²) in [5.41, 5.74) is 1.18. The van der Waals surface area contributed by atoms with Gasteiger partial charge in [-0.3, -0.25) is 4.99 Å². The maximum atomic E-state index is 11.1. The maximum Gasteiger partial charge on any atom is 0.193 e. The molecule has 0 aliphatic carbocycles. The van der Waals surface area contributed by atoms with E-state index in [9.17, 15) is 8.42 Å². The van der Waals surface area contributed by atoms with Gasteiger partial charge in [-0.15, -0.1) is 24.0 Å². The van der Waals surface area contributed by atoms with Crippen LogP contribution in [0, 0.1) is 0 Å². The van der Waals surface area contributed by atoms with Gasteiger partial charge in [0, 0.05) is 37.9 Å². The predicted molar refractivity (Wildman–Crippen MR) is 107 cm³/mol. The lowest BCUT2D eigenvalue weighted by Crippen LogP contribution is -2.39. The van der Waals surface area contributed by atoms with Crippen LogP contribution in [-0.2, 0) is 16.4 Å². The lowest BCUT2D eigenvalue weighted by molar-refractivity contribution is 0.476. The van der Waals surface area contributed by atoms with Crippen molar-refractivity contribution in [3.05, 3.63) is 34.3 Å². The maximum absolute atomic E-state index is 11.1. The molecule has 0 heterocycles. The lowest BCUT2D eigenvalue weighted by atomic mass is 10.2. The van der Waals surface area contributed by atoms with E-state index < -0.39 is 9.84 Å². The van der Waals surface area contributed by atoms with Gasteiger partial charge < -0.3 is 10.2 Å². The Labute approximate surface area is 158 Å². The zero-order valence-electron chi connectivity index (χ0n) is 13.0. The van der Waals surface area contributed by atoms with Crippen molar-refractivity contribution in [2.75, 3.05) is 32.6 Å². The number of sulfone groups is 1. The number of rotatable bonds is 6. The molecule has 0 unspecified atom stereocenters. The van der Waals surface area contributed by atoms with Gasteiger partial charge in [-0.05, 0) is 24.1 Å². The summed E-state index contributed by atoms with van der Waals surface area (Å²) in [5.74, 6) is 0.944. The van der Waals surface area contributed by atoms with Crippen molar-refractivity contribution in [1.29, 1.82) is 0 Å². The van der Waals surface area contributed by atoms with Crippen molar-refractivity contribution in [1.82, 2.24) is 10.2 Å². The molecule has 0 radical (unpaired) electrons. The molecule has 1 rings (SSSR count). The first-order valence-corrected chi connectivity index (χ1v) is 9.51. The van der Waals surface area contributed by atoms with Gasteiger partial charge in [0.2, 0.25) is 0 Å². The Morgan fingerprint density at radius 3 is 2.41 bits per heavy atom. The molecule has 8 heteroatoms. The van der Waals surface area contributed by atoms with Crippen LogP contribution in [0.2, 0.25) is 0 Å². The molecular weight excluding hydrogens is 481 g/mol. The van der Waals surface area contributed by atoms with Gasteiger partial charge in [0.15, 0.2) is 5.96 Å². The second-order valence-electron chi connectivity index (χ2n) is 4.94. The summed E-state index contributed by atoms with van der Waals surface area (Å²) in [4.78, 5) is 6.21. The van der Waals surface area contributed by atoms with Crippen LogP contribution >= 0.6 is 39.9 Å². The van der Waals surface area contributed by atoms with Gasteiger partial charge in [-0.1, -0.05) is 28.1 Å². The summed E-state index contributed by atoms with van der Waals surface area (Å²) in [5, 5.41) is 3.18. The summed E-state index contributed by atoms with van der Waals surface area (Å²) in [6.07, 6.45) is 1.82. The molecule has 1 aromatic rings. The van der Waals surface area contributed by atoms with Crippen LogP contribution in [0.25, 0.3) is 0 Å². The van der Waals surface area contributed by atoms with Crippen LogP contribution in [0.15, 0.2) is 33.7 Å². The number of benzene rings is 1. The molecule has 126 valence electrons. The molecule has 0 aromatic heterocycles. The highest BCUT2D eigenvalue weighted by atomic mass is 127. The Kier molecular flexibility index (Phi) is 10.3. The number of hydrogen-bond donors (Lipinski definition) is 1. The highest BCUT2D eigenvalue weighted by Gasteiger charge is 2.07. The number of halogens is 2. The molecule has 0 saturated heterocycles. The Hall–Kier alpha value is -0.350. The standard InChI is InChI=1S/C14H22BrN3O2S.HI/c1-16-14(17-9-4-10-21(3,19)20)18(2)11-12-5-7-13(15)8-6-12;/h5-8H,4,9-11H2,1-3H3,(H,16,17);1H. The molecule has 0 aliphatic rings. The molecule has 1 N–H and O–H groups in total. The molecule has 0 saturated carbocycles. The van der Waals surface area contributed by atoms with Crippen molar-refractivity contribution >= 4 is 55.7 Å². The van der Waals surface area contributed by atoms with E-state index in [1.54, 1.807) is 7.05 Å². The van der Waals surface area contributed by atoms with Crippen molar-refractivity contribution < 1.29 is 8.42 Å². The fraction of sp³-hybridized carbons (Fsp3) is 0.500. The van der Waals surface area contributed by atoms with Crippen LogP contribution < -0.4 is 5.32 Å². The van der Waals surface area contributed by atoms with Crippen molar-refractivity contribution in [2.45, 2.75) is 13.0 Å². The summed E-state index contributed by atoms with van der Waals surface area (Å²) in [7, 11) is 0.772. The zero-order valence-corrected chi connectivity index (χ0v) is 17.8. The van der Waals surface area contributed by atoms with E-state index in [-0.39, 0.29) is 29.7 Å². The average molecular weight is 504 g/mol. The molecule has 22 heavy (non-hydrogen) atoms. The summed E-state index contributed by atoms with van der Waals surface area (Å²) in [6, 6.07) is 8.12. The monoisotopic (exact) mass is 503 g/mol. The number of aliphatic imine (C=N–C) groups is 1. The fourth-order valence-corrected chi connectivity index (χ4v) is 2.79. The molecular formula is C14H23BrIN3O2S. The molecule has 0 amide bonds. The van der Waals surface area contributed by atoms with Crippen LogP contribution in [0.3, 0.4) is 0 Å². The van der Waals surface area contributed by atoms with Gasteiger partial charge in [-0.2, -0.15) is 0 Å². The second-order valence-corrected chi connectivity index (χ2v) is 8.12. The number of nitrogens with one attached hydrogen (secondary N) is 1. The fourth-order valence-electron chi connectivity index (χ4n) is 1.86. The number of guanidine groups is 1. The Morgan fingerprint density at radius 1 is 1.32 bits per heavy atom. The topological polar surface area (TPSA) is 61.8 Å². The van der Waals surface area contributed by atoms with Gasteiger partial charge in [0.25, 0.3) is 0 Å². The summed E-state index contributed by atoms with van der Waals surface area (Å²) >= 11 is 3.41. The summed E-state index contributed by atoms with van der Waals surface area (Å²) in [6.45, 7) is 1.32. The minimum atomic E-state index is -2.90. The van der Waals surface area contributed by atoms with Crippen molar-refractivity contribution in [3.8, 4) is 0 Å². The third kappa shape index (κ3) is 8.94. The average Bonchev–Trinajstić information content (AvgIpc) is 2.40. The Balaban J connectivity index is 0.00000441. The van der Waals surface area contributed by atoms with Crippen molar-refractivity contribution in [2.24, 2.45) is 4.99 Å². The normalized spacial score (nSPS) is 11.7. The van der Waals surface area contributed by atoms with Gasteiger partial charge in [-0.25, -0.2) is 8.42 Å². The van der Waals surface area contributed by atoms with E-state index in [1.807, 2.05) is 24.1 Å². The molecule has 0 atom stereocenters. The first kappa shape index (κ1) is 21.6. The molecule has 1 aromatic carbocycles. The lowest BCUT2D eigenvalue weighted by Gasteiger charge is -2.22. The number of nitrogens with zero attached hydrogens (tertiary/aromatic N) is 2. The summed E-state index contributed by atoms with van der Waals surface area (Å²) < 4.78 is 23.2. The zero-order chi connectivity index (χ0) is 15.9. The smallest absolute Gasteiger partial charge is 0.193 e. The quantitative estimate of drug-likeness (QED) is 0.280. The van der Waals surface area contributed by atoms with E-state index in [4.69, 9.17) is 0 Å². The first-order chi connectivity index (χ1) is 9.81. The SMILES string of the molecule is CN=C(NCCCS(C)(=O)=O)N(C)Cc1ccc(Br)cc1.I. The van der Waals surface area contributed by atoms with Crippen LogP contribution in [0.4, 0.5) is 0 Å². The predicted octanol–water partition coefficient (Wildman–Crippen LogP) is 2.51. The van der Waals surface area contributed by atoms with Crippen LogP contribution in [0.5, 0.6) is 0 Å². The highest BCUT2D eigenvalue weighted by molar-refractivity contribution is 14.0. The number of hydrogen-bond acceptors (Lipinski definition) is 3. The van der Waals surface area contributed by atoms with Crippen LogP contribution in [0.1, 0.15) is 12.0 Å². The van der Waals surface area contributed by atoms with E-state index in [0.717, 1.165) is 17.0 Å². The molecule has 0 bridgehead atoms. The molecule has 0 spiro atoms. The van der Waals surface area contributed by atoms with Crippen LogP contribution in [-0.4, -0.2) is 51.9 Å². The minimum Gasteiger partial charge on any atom is -0.356 e. The Bertz CT molecular complexity index is 576. The van der Waals surface area contributed by atoms with Gasteiger partial charge >= 0.3 is 0 Å². The van der Waals surface area contributed by atoms with E-state index in [1.165, 1.54) is 11.8 Å². The highest BCUT2D eigenvalue weighted by Crippen LogP contribution is 2.11. The van der Waals surface area contributed by atoms with E-state index in [0.29, 0.717) is 13.0 Å². The third-order valence-corrected chi connectivity index (χ3v) is 4.44. The van der Waals surface area contributed by atoms with E-state index >= 15 is 0 Å². The first-order valence-electron chi connectivity index (χ1n) is 6.66. The van der Waals surface area contributed by atoms with Crippen molar-refractivity contribution in [3.63, 3.8) is 0 Å². The van der Waals surface area contributed by atoms with E-state index in [2.05, 4.69) is 38.4 Å². The third-order valence-electron chi connectivity index (χ3n) is 2.88. The largest absolute Gasteiger partial charge is 0.356 e. The van der Waals surface area contributed by atoms with Gasteiger partial charge in [0.1, 0.15) is 9.84 Å². The Morgan fingerprint density at radius 2 is 1.91 bits per heavy atom. The second kappa shape index (κ2) is 10.4. The molecule has 0 aliphatic heterocycles. The molecule has 0 fully saturated rings. The minimum absolute atomic E-state index is 0. The molecule has 5 nitrogen and oxygen atoms in total. The van der Waals surface area contributed by atoms with Gasteiger partial charge in [0.05, 0.1) is 5.75 Å².